The molecule has 6 heteroatoms. The molecule has 0 saturated heterocycles. The Kier molecular flexibility index (Phi) is 6.81. The van der Waals surface area contributed by atoms with Gasteiger partial charge in [0, 0.05) is 5.56 Å². The average molecular weight is 448 g/mol. The van der Waals surface area contributed by atoms with E-state index in [1.807, 2.05) is 48.5 Å². The molecule has 1 aromatic heterocycles. The molecule has 0 aliphatic carbocycles. The Hall–Kier alpha value is -3.25. The summed E-state index contributed by atoms with van der Waals surface area (Å²) in [6.07, 6.45) is 4.80. The van der Waals surface area contributed by atoms with Crippen molar-refractivity contribution in [1.29, 1.82) is 0 Å². The predicted octanol–water partition coefficient (Wildman–Crippen LogP) is 5.85. The predicted molar refractivity (Wildman–Crippen MR) is 127 cm³/mol. The molecule has 0 saturated carbocycles. The highest BCUT2D eigenvalue weighted by Gasteiger charge is 2.41. The molecule has 0 spiro atoms. The van der Waals surface area contributed by atoms with Crippen molar-refractivity contribution in [2.75, 3.05) is 12.0 Å². The fourth-order valence-electron chi connectivity index (χ4n) is 3.70. The van der Waals surface area contributed by atoms with Gasteiger partial charge in [-0.1, -0.05) is 43.7 Å². The van der Waals surface area contributed by atoms with Crippen LogP contribution in [0.2, 0.25) is 0 Å². The molecular formula is C26H25NO4S. The zero-order valence-corrected chi connectivity index (χ0v) is 19.0. The highest BCUT2D eigenvalue weighted by atomic mass is 32.2. The molecule has 0 bridgehead atoms. The van der Waals surface area contributed by atoms with Gasteiger partial charge in [0.05, 0.1) is 35.3 Å². The molecular weight excluding hydrogens is 422 g/mol. The fraction of sp³-hybridized carbons (Fsp3) is 0.231. The summed E-state index contributed by atoms with van der Waals surface area (Å²) in [6.45, 7) is 2.16. The van der Waals surface area contributed by atoms with E-state index in [0.29, 0.717) is 33.2 Å². The standard InChI is InChI=1S/C26H25NO4S/c1-3-4-8-18-12-14-19(15-13-18)27-25(28)23(21-10-5-6-11-22(21)30-2)24(26(27)29)32-17-20-9-7-16-31-20/h5-7,9-16H,3-4,8,17H2,1-2H3. The highest BCUT2D eigenvalue weighted by Crippen LogP contribution is 2.42. The van der Waals surface area contributed by atoms with E-state index in [9.17, 15) is 9.59 Å². The number of hydrogen-bond donors (Lipinski definition) is 0. The van der Waals surface area contributed by atoms with Gasteiger partial charge in [-0.05, 0) is 48.7 Å². The summed E-state index contributed by atoms with van der Waals surface area (Å²) in [5.41, 5.74) is 2.73. The first-order chi connectivity index (χ1) is 15.6. The van der Waals surface area contributed by atoms with Crippen LogP contribution in [0, 0.1) is 0 Å². The quantitative estimate of drug-likeness (QED) is 0.385. The van der Waals surface area contributed by atoms with Gasteiger partial charge in [0.1, 0.15) is 11.5 Å². The largest absolute Gasteiger partial charge is 0.496 e. The number of para-hydroxylation sites is 1. The van der Waals surface area contributed by atoms with Crippen molar-refractivity contribution < 1.29 is 18.7 Å². The van der Waals surface area contributed by atoms with Crippen molar-refractivity contribution in [1.82, 2.24) is 0 Å². The number of nitrogens with zero attached hydrogens (tertiary/aromatic N) is 1. The van der Waals surface area contributed by atoms with E-state index < -0.39 is 0 Å². The summed E-state index contributed by atoms with van der Waals surface area (Å²) in [6, 6.07) is 18.6. The minimum absolute atomic E-state index is 0.325. The Bertz CT molecular complexity index is 1130. The number of carbonyl (C=O) groups excluding carboxylic acids is 2. The van der Waals surface area contributed by atoms with Gasteiger partial charge in [0.25, 0.3) is 11.8 Å². The van der Waals surface area contributed by atoms with Gasteiger partial charge in [-0.2, -0.15) is 0 Å². The van der Waals surface area contributed by atoms with E-state index in [1.165, 1.54) is 22.2 Å². The number of carbonyl (C=O) groups is 2. The van der Waals surface area contributed by atoms with Crippen LogP contribution < -0.4 is 9.64 Å². The number of ether oxygens (including phenoxy) is 1. The number of amides is 2. The first-order valence-corrected chi connectivity index (χ1v) is 11.6. The lowest BCUT2D eigenvalue weighted by Crippen LogP contribution is -2.31. The van der Waals surface area contributed by atoms with Gasteiger partial charge >= 0.3 is 0 Å². The number of hydrogen-bond acceptors (Lipinski definition) is 5. The van der Waals surface area contributed by atoms with Crippen molar-refractivity contribution in [2.24, 2.45) is 0 Å². The second kappa shape index (κ2) is 9.92. The molecule has 0 radical (unpaired) electrons. The van der Waals surface area contributed by atoms with Crippen molar-refractivity contribution in [3.8, 4) is 5.75 Å². The highest BCUT2D eigenvalue weighted by molar-refractivity contribution is 8.03. The lowest BCUT2D eigenvalue weighted by Gasteiger charge is -2.16. The van der Waals surface area contributed by atoms with E-state index >= 15 is 0 Å². The molecule has 0 atom stereocenters. The van der Waals surface area contributed by atoms with Crippen LogP contribution in [0.3, 0.4) is 0 Å². The molecule has 1 aliphatic heterocycles. The Balaban J connectivity index is 1.70. The number of aryl methyl sites for hydroxylation is 1. The first-order valence-electron chi connectivity index (χ1n) is 10.6. The monoisotopic (exact) mass is 447 g/mol. The summed E-state index contributed by atoms with van der Waals surface area (Å²) in [7, 11) is 1.56. The topological polar surface area (TPSA) is 59.8 Å². The molecule has 2 heterocycles. The summed E-state index contributed by atoms with van der Waals surface area (Å²) in [5, 5.41) is 0. The van der Waals surface area contributed by atoms with Crippen molar-refractivity contribution in [3.63, 3.8) is 0 Å². The second-order valence-corrected chi connectivity index (χ2v) is 8.47. The van der Waals surface area contributed by atoms with Gasteiger partial charge < -0.3 is 9.15 Å². The van der Waals surface area contributed by atoms with Gasteiger partial charge in [0.15, 0.2) is 0 Å². The van der Waals surface area contributed by atoms with Crippen molar-refractivity contribution in [2.45, 2.75) is 31.9 Å². The number of benzene rings is 2. The number of imide groups is 1. The number of thioether (sulfide) groups is 1. The van der Waals surface area contributed by atoms with Crippen LogP contribution in [0.4, 0.5) is 5.69 Å². The van der Waals surface area contributed by atoms with Crippen LogP contribution in [-0.4, -0.2) is 18.9 Å². The Morgan fingerprint density at radius 3 is 2.44 bits per heavy atom. The fourth-order valence-corrected chi connectivity index (χ4v) is 4.70. The number of unbranched alkanes of at least 4 members (excludes halogenated alkanes) is 1. The minimum atomic E-state index is -0.345. The molecule has 32 heavy (non-hydrogen) atoms. The number of furan rings is 1. The summed E-state index contributed by atoms with van der Waals surface area (Å²) < 4.78 is 10.9. The van der Waals surface area contributed by atoms with Crippen LogP contribution in [-0.2, 0) is 21.8 Å². The maximum absolute atomic E-state index is 13.6. The zero-order chi connectivity index (χ0) is 22.5. The summed E-state index contributed by atoms with van der Waals surface area (Å²) in [4.78, 5) is 28.7. The second-order valence-electron chi connectivity index (χ2n) is 7.49. The SMILES string of the molecule is CCCCc1ccc(N2C(=O)C(SCc3ccco3)=C(c3ccccc3OC)C2=O)cc1. The van der Waals surface area contributed by atoms with E-state index in [1.54, 1.807) is 25.5 Å². The van der Waals surface area contributed by atoms with Gasteiger partial charge in [-0.15, -0.1) is 11.8 Å². The molecule has 4 rings (SSSR count). The maximum Gasteiger partial charge on any atom is 0.272 e. The molecule has 0 N–H and O–H groups in total. The van der Waals surface area contributed by atoms with Crippen LogP contribution in [0.5, 0.6) is 5.75 Å². The molecule has 5 nitrogen and oxygen atoms in total. The van der Waals surface area contributed by atoms with Gasteiger partial charge in [0.2, 0.25) is 0 Å². The van der Waals surface area contributed by atoms with Crippen molar-refractivity contribution >= 4 is 34.8 Å². The van der Waals surface area contributed by atoms with Gasteiger partial charge in [-0.25, -0.2) is 4.90 Å². The van der Waals surface area contributed by atoms with Gasteiger partial charge in [-0.3, -0.25) is 9.59 Å². The smallest absolute Gasteiger partial charge is 0.272 e. The molecule has 2 amide bonds. The van der Waals surface area contributed by atoms with Crippen LogP contribution in [0.1, 0.15) is 36.7 Å². The molecule has 0 fully saturated rings. The van der Waals surface area contributed by atoms with Crippen LogP contribution in [0.15, 0.2) is 76.2 Å². The van der Waals surface area contributed by atoms with E-state index in [4.69, 9.17) is 9.15 Å². The molecule has 1 aliphatic rings. The average Bonchev–Trinajstić information content (AvgIpc) is 3.42. The Morgan fingerprint density at radius 2 is 1.75 bits per heavy atom. The number of rotatable bonds is 9. The Labute approximate surface area is 192 Å². The third kappa shape index (κ3) is 4.36. The van der Waals surface area contributed by atoms with E-state index in [-0.39, 0.29) is 11.8 Å². The van der Waals surface area contributed by atoms with Crippen molar-refractivity contribution in [3.05, 3.63) is 88.7 Å². The number of anilines is 1. The maximum atomic E-state index is 13.6. The third-order valence-corrected chi connectivity index (χ3v) is 6.47. The molecule has 3 aromatic rings. The first kappa shape index (κ1) is 22.0. The zero-order valence-electron chi connectivity index (χ0n) is 18.2. The van der Waals surface area contributed by atoms with Crippen LogP contribution in [0.25, 0.3) is 5.57 Å². The molecule has 2 aromatic carbocycles. The lowest BCUT2D eigenvalue weighted by atomic mass is 10.0. The third-order valence-electron chi connectivity index (χ3n) is 5.37. The summed E-state index contributed by atoms with van der Waals surface area (Å²) in [5.74, 6) is 1.07. The van der Waals surface area contributed by atoms with E-state index in [2.05, 4.69) is 6.92 Å². The molecule has 0 unspecified atom stereocenters. The summed E-state index contributed by atoms with van der Waals surface area (Å²) >= 11 is 1.31. The lowest BCUT2D eigenvalue weighted by molar-refractivity contribution is -0.119. The van der Waals surface area contributed by atoms with E-state index in [0.717, 1.165) is 25.0 Å². The molecule has 164 valence electrons. The van der Waals surface area contributed by atoms with Crippen LogP contribution >= 0.6 is 11.8 Å². The minimum Gasteiger partial charge on any atom is -0.496 e. The Morgan fingerprint density at radius 1 is 0.969 bits per heavy atom. The normalized spacial score (nSPS) is 13.9. The number of methoxy groups -OCH3 is 1.